The second-order valence-corrected chi connectivity index (χ2v) is 3.48. The lowest BCUT2D eigenvalue weighted by molar-refractivity contribution is 0.425. The summed E-state index contributed by atoms with van der Waals surface area (Å²) in [5.74, 6) is 0.708. The van der Waals surface area contributed by atoms with Crippen molar-refractivity contribution in [1.29, 1.82) is 0 Å². The van der Waals surface area contributed by atoms with Crippen LogP contribution in [0.25, 0.3) is 0 Å². The van der Waals surface area contributed by atoms with E-state index in [9.17, 15) is 0 Å². The highest BCUT2D eigenvalue weighted by Crippen LogP contribution is 2.15. The number of pyridine rings is 1. The molecule has 0 amide bonds. The zero-order chi connectivity index (χ0) is 9.97. The molecule has 0 bridgehead atoms. The summed E-state index contributed by atoms with van der Waals surface area (Å²) in [6, 6.07) is 3.42. The van der Waals surface area contributed by atoms with Crippen LogP contribution in [0.15, 0.2) is 18.3 Å². The zero-order valence-electron chi connectivity index (χ0n) is 8.33. The molecular weight excluding hydrogens is 214 g/mol. The highest BCUT2D eigenvalue weighted by Gasteiger charge is 2.22. The van der Waals surface area contributed by atoms with Gasteiger partial charge in [0.15, 0.2) is 0 Å². The van der Waals surface area contributed by atoms with Crippen LogP contribution >= 0.6 is 12.4 Å². The summed E-state index contributed by atoms with van der Waals surface area (Å²) in [5, 5.41) is 18.3. The quantitative estimate of drug-likeness (QED) is 0.688. The minimum Gasteiger partial charge on any atom is -0.423 e. The van der Waals surface area contributed by atoms with Crippen molar-refractivity contribution in [2.45, 2.75) is 12.8 Å². The third kappa shape index (κ3) is 2.62. The van der Waals surface area contributed by atoms with Crippen molar-refractivity contribution in [1.82, 2.24) is 4.98 Å². The number of hydrogen-bond donors (Lipinski definition) is 2. The molecule has 0 aromatic carbocycles. The fourth-order valence-corrected chi connectivity index (χ4v) is 1.80. The van der Waals surface area contributed by atoms with Gasteiger partial charge < -0.3 is 14.9 Å². The highest BCUT2D eigenvalue weighted by atomic mass is 35.5. The van der Waals surface area contributed by atoms with E-state index in [2.05, 4.69) is 9.88 Å². The molecule has 0 spiro atoms. The van der Waals surface area contributed by atoms with Crippen LogP contribution in [0.4, 0.5) is 5.82 Å². The van der Waals surface area contributed by atoms with Gasteiger partial charge in [-0.1, -0.05) is 6.07 Å². The number of anilines is 1. The summed E-state index contributed by atoms with van der Waals surface area (Å²) in [4.78, 5) is 6.28. The van der Waals surface area contributed by atoms with E-state index >= 15 is 0 Å². The van der Waals surface area contributed by atoms with Gasteiger partial charge in [0.05, 0.1) is 0 Å². The van der Waals surface area contributed by atoms with Crippen LogP contribution < -0.4 is 10.4 Å². The van der Waals surface area contributed by atoms with Crippen molar-refractivity contribution in [2.75, 3.05) is 18.0 Å². The molecule has 2 heterocycles. The Morgan fingerprint density at radius 1 is 1.27 bits per heavy atom. The summed E-state index contributed by atoms with van der Waals surface area (Å²) in [6.07, 6.45) is 3.98. The van der Waals surface area contributed by atoms with E-state index < -0.39 is 7.12 Å². The molecule has 15 heavy (non-hydrogen) atoms. The second kappa shape index (κ2) is 5.35. The third-order valence-corrected chi connectivity index (χ3v) is 2.50. The normalized spacial score (nSPS) is 14.9. The SMILES string of the molecule is Cl.OB(O)c1cccnc1N1CCCC1. The van der Waals surface area contributed by atoms with Crippen LogP contribution in [0.3, 0.4) is 0 Å². The average Bonchev–Trinajstić information content (AvgIpc) is 2.70. The van der Waals surface area contributed by atoms with Crippen molar-refractivity contribution in [3.63, 3.8) is 0 Å². The van der Waals surface area contributed by atoms with Gasteiger partial charge in [-0.2, -0.15) is 0 Å². The molecule has 6 heteroatoms. The van der Waals surface area contributed by atoms with Gasteiger partial charge in [-0.15, -0.1) is 12.4 Å². The molecule has 1 aromatic rings. The Morgan fingerprint density at radius 3 is 2.53 bits per heavy atom. The van der Waals surface area contributed by atoms with E-state index in [1.54, 1.807) is 18.3 Å². The summed E-state index contributed by atoms with van der Waals surface area (Å²) < 4.78 is 0. The van der Waals surface area contributed by atoms with Gasteiger partial charge in [-0.3, -0.25) is 0 Å². The maximum atomic E-state index is 9.15. The summed E-state index contributed by atoms with van der Waals surface area (Å²) in [5.41, 5.74) is 0.495. The van der Waals surface area contributed by atoms with Crippen LogP contribution in [0, 0.1) is 0 Å². The number of nitrogens with zero attached hydrogens (tertiary/aromatic N) is 2. The Kier molecular flexibility index (Phi) is 4.38. The molecule has 4 nitrogen and oxygen atoms in total. The molecule has 0 atom stereocenters. The molecule has 1 aliphatic rings. The van der Waals surface area contributed by atoms with Crippen LogP contribution in [-0.4, -0.2) is 35.2 Å². The molecule has 2 rings (SSSR count). The first-order chi connectivity index (χ1) is 6.79. The first kappa shape index (κ1) is 12.3. The number of aromatic nitrogens is 1. The molecule has 0 aliphatic carbocycles. The summed E-state index contributed by atoms with van der Waals surface area (Å²) >= 11 is 0. The van der Waals surface area contributed by atoms with Gasteiger partial charge in [0.25, 0.3) is 0 Å². The molecule has 1 aliphatic heterocycles. The van der Waals surface area contributed by atoms with E-state index in [1.807, 2.05) is 0 Å². The zero-order valence-corrected chi connectivity index (χ0v) is 9.15. The minimum atomic E-state index is -1.43. The monoisotopic (exact) mass is 228 g/mol. The van der Waals surface area contributed by atoms with E-state index in [0.717, 1.165) is 25.9 Å². The van der Waals surface area contributed by atoms with Crippen molar-refractivity contribution in [3.8, 4) is 0 Å². The van der Waals surface area contributed by atoms with E-state index in [0.29, 0.717) is 11.3 Å². The predicted octanol–water partition coefficient (Wildman–Crippen LogP) is -0.217. The molecule has 1 aromatic heterocycles. The third-order valence-electron chi connectivity index (χ3n) is 2.50. The van der Waals surface area contributed by atoms with Gasteiger partial charge >= 0.3 is 7.12 Å². The molecule has 0 radical (unpaired) electrons. The number of rotatable bonds is 2. The molecule has 1 fully saturated rings. The Bertz CT molecular complexity index is 319. The van der Waals surface area contributed by atoms with Crippen LogP contribution in [0.1, 0.15) is 12.8 Å². The molecular formula is C9H14BClN2O2. The molecule has 82 valence electrons. The molecule has 0 saturated carbocycles. The Labute approximate surface area is 95.5 Å². The molecule has 0 unspecified atom stereocenters. The van der Waals surface area contributed by atoms with Crippen LogP contribution in [0.5, 0.6) is 0 Å². The average molecular weight is 228 g/mol. The van der Waals surface area contributed by atoms with Gasteiger partial charge in [-0.05, 0) is 18.9 Å². The maximum Gasteiger partial charge on any atom is 0.492 e. The number of hydrogen-bond acceptors (Lipinski definition) is 4. The van der Waals surface area contributed by atoms with Crippen molar-refractivity contribution < 1.29 is 10.0 Å². The first-order valence-corrected chi connectivity index (χ1v) is 4.85. The van der Waals surface area contributed by atoms with Crippen molar-refractivity contribution in [2.24, 2.45) is 0 Å². The highest BCUT2D eigenvalue weighted by molar-refractivity contribution is 6.60. The lowest BCUT2D eigenvalue weighted by atomic mass is 9.80. The Hall–Kier alpha value is -0.775. The van der Waals surface area contributed by atoms with Gasteiger partial charge in [0.2, 0.25) is 0 Å². The van der Waals surface area contributed by atoms with Gasteiger partial charge in [-0.25, -0.2) is 4.98 Å². The largest absolute Gasteiger partial charge is 0.492 e. The minimum absolute atomic E-state index is 0. The predicted molar refractivity (Wildman–Crippen MR) is 62.8 cm³/mol. The Morgan fingerprint density at radius 2 is 1.93 bits per heavy atom. The fourth-order valence-electron chi connectivity index (χ4n) is 1.80. The molecule has 2 N–H and O–H groups in total. The lowest BCUT2D eigenvalue weighted by Crippen LogP contribution is -2.36. The van der Waals surface area contributed by atoms with Crippen LogP contribution in [-0.2, 0) is 0 Å². The van der Waals surface area contributed by atoms with Gasteiger partial charge in [0.1, 0.15) is 5.82 Å². The maximum absolute atomic E-state index is 9.15. The van der Waals surface area contributed by atoms with Crippen molar-refractivity contribution in [3.05, 3.63) is 18.3 Å². The van der Waals surface area contributed by atoms with Crippen LogP contribution in [0.2, 0.25) is 0 Å². The second-order valence-electron chi connectivity index (χ2n) is 3.48. The smallest absolute Gasteiger partial charge is 0.423 e. The topological polar surface area (TPSA) is 56.6 Å². The standard InChI is InChI=1S/C9H13BN2O2.ClH/c13-10(14)8-4-3-5-11-9(8)12-6-1-2-7-12;/h3-5,13-14H,1-2,6-7H2;1H. The van der Waals surface area contributed by atoms with E-state index in [1.165, 1.54) is 0 Å². The lowest BCUT2D eigenvalue weighted by Gasteiger charge is -2.19. The molecule has 1 saturated heterocycles. The fraction of sp³-hybridized carbons (Fsp3) is 0.444. The van der Waals surface area contributed by atoms with E-state index in [4.69, 9.17) is 10.0 Å². The number of halogens is 1. The summed E-state index contributed by atoms with van der Waals surface area (Å²) in [6.45, 7) is 1.91. The Balaban J connectivity index is 0.00000112. The van der Waals surface area contributed by atoms with E-state index in [-0.39, 0.29) is 12.4 Å². The first-order valence-electron chi connectivity index (χ1n) is 4.85. The van der Waals surface area contributed by atoms with Gasteiger partial charge in [0, 0.05) is 24.7 Å². The van der Waals surface area contributed by atoms with Crippen molar-refractivity contribution >= 4 is 30.8 Å². The summed E-state index contributed by atoms with van der Waals surface area (Å²) in [7, 11) is -1.43.